The van der Waals surface area contributed by atoms with Gasteiger partial charge in [-0.3, -0.25) is 0 Å². The minimum absolute atomic E-state index is 0.0872. The molecule has 1 aliphatic heterocycles. The SMILES string of the molecule is CCCCC1=Cc2c(ccc(CC)c2-c2cc([Si](C)(C)C)cc([Si](C)(C)C)c2)[CH]1[Zr]([Cl])([Cl])([c]1cccc2c1[SiH2]c1ccccc1-2)[CH]1C(CCCC)=Cc2c1ccc(CC)c2-c1cc([Si](C)(C)C)cc([Si](C)(C)C)c1. The van der Waals surface area contributed by atoms with Gasteiger partial charge in [-0.15, -0.1) is 0 Å². The van der Waals surface area contributed by atoms with Crippen LogP contribution in [0.2, 0.25) is 78.6 Å². The number of unbranched alkanes of at least 4 members (excludes halogenated alkanes) is 2. The van der Waals surface area contributed by atoms with Crippen LogP contribution in [-0.4, -0.2) is 41.8 Å². The van der Waals surface area contributed by atoms with Crippen LogP contribution in [0.1, 0.15) is 107 Å². The van der Waals surface area contributed by atoms with Gasteiger partial charge < -0.3 is 0 Å². The molecule has 3 aliphatic rings. The third-order valence-electron chi connectivity index (χ3n) is 17.5. The first-order valence-corrected chi connectivity index (χ1v) is 54.4. The molecule has 0 nitrogen and oxygen atoms in total. The van der Waals surface area contributed by atoms with Gasteiger partial charge in [-0.25, -0.2) is 0 Å². The van der Waals surface area contributed by atoms with Gasteiger partial charge in [-0.05, 0) is 0 Å². The molecule has 8 heteroatoms. The van der Waals surface area contributed by atoms with Crippen LogP contribution in [0.25, 0.3) is 45.5 Å². The number of allylic oxidation sites excluding steroid dienone is 2. The molecule has 0 amide bonds. The first-order valence-electron chi connectivity index (χ1n) is 28.6. The van der Waals surface area contributed by atoms with Gasteiger partial charge in [0.15, 0.2) is 0 Å². The Morgan fingerprint density at radius 3 is 1.27 bits per heavy atom. The molecule has 9 rings (SSSR count). The van der Waals surface area contributed by atoms with Crippen LogP contribution in [0.5, 0.6) is 0 Å². The number of hydrogen-bond donors (Lipinski definition) is 0. The van der Waals surface area contributed by atoms with Crippen molar-refractivity contribution in [1.82, 2.24) is 0 Å². The van der Waals surface area contributed by atoms with Gasteiger partial charge in [-0.2, -0.15) is 0 Å². The van der Waals surface area contributed by atoms with E-state index >= 15 is 0 Å². The Hall–Kier alpha value is -2.65. The average Bonchev–Trinajstić information content (AvgIpc) is 4.05. The second kappa shape index (κ2) is 20.5. The van der Waals surface area contributed by atoms with Crippen LogP contribution in [0.15, 0.2) is 114 Å². The fourth-order valence-electron chi connectivity index (χ4n) is 13.2. The standard InChI is InChI=1S/2C27H39Si2.C12H9Si.2ClH.Zr/c2*1-9-11-12-20-15-22-14-13-21(10-2)27(26(22)16-20)23-17-24(28(3,4)5)19-25(18-23)29(6,7)8;1-3-7-11-9(5-1)10-6-2-4-8-12(10)13-11;;;/h2*13-19H,9-12H2,1-8H3;1-7H,13H2;2*1H;/q;;;;;+2/p-2. The van der Waals surface area contributed by atoms with Crippen molar-refractivity contribution >= 4 is 105 Å². The topological polar surface area (TPSA) is 0 Å². The van der Waals surface area contributed by atoms with Crippen LogP contribution >= 0.6 is 17.0 Å². The fourth-order valence-corrected chi connectivity index (χ4v) is 46.2. The van der Waals surface area contributed by atoms with E-state index in [9.17, 15) is 17.0 Å². The zero-order valence-corrected chi connectivity index (χ0v) is 57.6. The van der Waals surface area contributed by atoms with Crippen molar-refractivity contribution in [2.24, 2.45) is 0 Å². The maximum absolute atomic E-state index is 9.78. The van der Waals surface area contributed by atoms with Gasteiger partial charge in [-0.1, -0.05) is 0 Å². The zero-order chi connectivity index (χ0) is 53.5. The van der Waals surface area contributed by atoms with Crippen LogP contribution in [0.3, 0.4) is 0 Å². The van der Waals surface area contributed by atoms with Gasteiger partial charge in [0.2, 0.25) is 0 Å². The van der Waals surface area contributed by atoms with Crippen molar-refractivity contribution in [2.45, 2.75) is 165 Å². The van der Waals surface area contributed by atoms with Gasteiger partial charge in [0.25, 0.3) is 0 Å². The molecule has 6 aromatic carbocycles. The Morgan fingerprint density at radius 1 is 0.473 bits per heavy atom. The van der Waals surface area contributed by atoms with Crippen molar-refractivity contribution in [3.63, 3.8) is 0 Å². The van der Waals surface area contributed by atoms with Crippen LogP contribution in [0, 0.1) is 0 Å². The summed E-state index contributed by atoms with van der Waals surface area (Å²) in [6, 6.07) is 42.1. The Kier molecular flexibility index (Phi) is 15.6. The average molecular weight is 1180 g/mol. The molecule has 2 aliphatic carbocycles. The minimum atomic E-state index is -5.82. The second-order valence-electron chi connectivity index (χ2n) is 26.8. The molecule has 0 saturated carbocycles. The Bertz CT molecular complexity index is 3010. The number of benzene rings is 6. The Labute approximate surface area is 463 Å². The summed E-state index contributed by atoms with van der Waals surface area (Å²) in [4.78, 5) is 0. The second-order valence-corrected chi connectivity index (χ2v) is 69.6. The molecule has 389 valence electrons. The molecule has 0 fully saturated rings. The number of hydrogen-bond acceptors (Lipinski definition) is 0. The Morgan fingerprint density at radius 2 is 0.878 bits per heavy atom. The van der Waals surface area contributed by atoms with E-state index < -0.39 is 58.2 Å². The van der Waals surface area contributed by atoms with Crippen molar-refractivity contribution < 1.29 is 16.4 Å². The van der Waals surface area contributed by atoms with Gasteiger partial charge in [0, 0.05) is 0 Å². The molecule has 0 radical (unpaired) electrons. The van der Waals surface area contributed by atoms with E-state index in [-0.39, 0.29) is 7.25 Å². The molecule has 74 heavy (non-hydrogen) atoms. The van der Waals surface area contributed by atoms with Crippen molar-refractivity contribution in [3.8, 4) is 33.4 Å². The Balaban J connectivity index is 1.41. The van der Waals surface area contributed by atoms with Gasteiger partial charge >= 0.3 is 468 Å². The van der Waals surface area contributed by atoms with Crippen molar-refractivity contribution in [1.29, 1.82) is 0 Å². The van der Waals surface area contributed by atoms with Crippen LogP contribution in [0.4, 0.5) is 0 Å². The molecule has 2 unspecified atom stereocenters. The first kappa shape index (κ1) is 56.1. The van der Waals surface area contributed by atoms with E-state index in [1.807, 2.05) is 0 Å². The van der Waals surface area contributed by atoms with E-state index in [4.69, 9.17) is 0 Å². The number of rotatable bonds is 17. The molecule has 2 atom stereocenters. The van der Waals surface area contributed by atoms with Gasteiger partial charge in [0.1, 0.15) is 0 Å². The summed E-state index contributed by atoms with van der Waals surface area (Å²) in [6.07, 6.45) is 13.7. The van der Waals surface area contributed by atoms with E-state index in [0.717, 1.165) is 51.4 Å². The van der Waals surface area contributed by atoms with E-state index in [1.54, 1.807) is 20.7 Å². The predicted molar refractivity (Wildman–Crippen MR) is 346 cm³/mol. The molecule has 6 aromatic rings. The summed E-state index contributed by atoms with van der Waals surface area (Å²) in [6.45, 7) is 39.7. The zero-order valence-electron chi connectivity index (χ0n) is 48.2. The summed E-state index contributed by atoms with van der Waals surface area (Å²) >= 11 is -5.82. The molecule has 0 spiro atoms. The van der Waals surface area contributed by atoms with E-state index in [1.165, 1.54) is 91.6 Å². The number of halogens is 2. The number of fused-ring (bicyclic) bond motifs is 5. The summed E-state index contributed by atoms with van der Waals surface area (Å²) in [5.41, 5.74) is 19.8. The van der Waals surface area contributed by atoms with E-state index in [2.05, 4.69) is 222 Å². The predicted octanol–water partition coefficient (Wildman–Crippen LogP) is 15.7. The molecule has 0 N–H and O–H groups in total. The van der Waals surface area contributed by atoms with Gasteiger partial charge in [0.05, 0.1) is 0 Å². The molecule has 0 bridgehead atoms. The molecular formula is C66H87Cl2Si5Zr. The maximum atomic E-state index is 9.78. The van der Waals surface area contributed by atoms with Crippen molar-refractivity contribution in [2.75, 3.05) is 0 Å². The van der Waals surface area contributed by atoms with Crippen LogP contribution in [-0.2, 0) is 29.2 Å². The van der Waals surface area contributed by atoms with Crippen molar-refractivity contribution in [3.05, 3.63) is 148 Å². The molecule has 1 heterocycles. The number of aryl methyl sites for hydroxylation is 2. The third-order valence-corrected chi connectivity index (χ3v) is 48.4. The van der Waals surface area contributed by atoms with E-state index in [0.29, 0.717) is 0 Å². The quantitative estimate of drug-likeness (QED) is 0.0797. The summed E-state index contributed by atoms with van der Waals surface area (Å²) in [7, 11) is 11.9. The monoisotopic (exact) mass is 1180 g/mol. The molecule has 0 saturated heterocycles. The summed E-state index contributed by atoms with van der Waals surface area (Å²) in [5.74, 6) is 0. The molecular weight excluding hydrogens is 1100 g/mol. The summed E-state index contributed by atoms with van der Waals surface area (Å²) < 4.78 is 1.17. The molecule has 0 aromatic heterocycles. The third kappa shape index (κ3) is 9.96. The van der Waals surface area contributed by atoms with Crippen LogP contribution < -0.4 is 34.4 Å². The first-order chi connectivity index (χ1) is 34.7. The summed E-state index contributed by atoms with van der Waals surface area (Å²) in [5, 5.41) is 9.27. The normalized spacial score (nSPS) is 17.4. The fraction of sp³-hybridized carbons (Fsp3) is 0.394.